The predicted molar refractivity (Wildman–Crippen MR) is 81.8 cm³/mol. The van der Waals surface area contributed by atoms with Crippen LogP contribution >= 0.6 is 23.2 Å². The molecule has 8 heteroatoms. The van der Waals surface area contributed by atoms with Crippen LogP contribution in [-0.4, -0.2) is 50.3 Å². The summed E-state index contributed by atoms with van der Waals surface area (Å²) in [5, 5.41) is -0.129. The molecule has 1 fully saturated rings. The highest BCUT2D eigenvalue weighted by Crippen LogP contribution is 2.28. The minimum absolute atomic E-state index is 0.0434. The number of alkyl halides is 1. The first-order valence-corrected chi connectivity index (χ1v) is 8.87. The summed E-state index contributed by atoms with van der Waals surface area (Å²) in [5.41, 5.74) is 0.277. The van der Waals surface area contributed by atoms with E-state index in [-0.39, 0.29) is 27.4 Å². The number of rotatable bonds is 3. The highest BCUT2D eigenvalue weighted by Gasteiger charge is 2.31. The topological polar surface area (TPSA) is 40.6 Å². The van der Waals surface area contributed by atoms with Crippen molar-refractivity contribution in [2.45, 2.75) is 23.7 Å². The van der Waals surface area contributed by atoms with Crippen molar-refractivity contribution in [1.82, 2.24) is 9.21 Å². The van der Waals surface area contributed by atoms with Crippen LogP contribution in [0.4, 0.5) is 4.39 Å². The van der Waals surface area contributed by atoms with Gasteiger partial charge in [0.15, 0.2) is 0 Å². The normalized spacial score (nSPS) is 21.7. The molecule has 4 nitrogen and oxygen atoms in total. The van der Waals surface area contributed by atoms with Gasteiger partial charge >= 0.3 is 0 Å². The van der Waals surface area contributed by atoms with Crippen LogP contribution < -0.4 is 0 Å². The van der Waals surface area contributed by atoms with E-state index in [2.05, 4.69) is 4.90 Å². The second kappa shape index (κ2) is 6.38. The summed E-state index contributed by atoms with van der Waals surface area (Å²) in [6.45, 7) is 3.34. The highest BCUT2D eigenvalue weighted by atomic mass is 35.5. The van der Waals surface area contributed by atoms with Crippen LogP contribution in [-0.2, 0) is 15.9 Å². The van der Waals surface area contributed by atoms with Gasteiger partial charge in [0.05, 0.1) is 9.92 Å². The fraction of sp³-hybridized carbons (Fsp3) is 0.538. The molecule has 1 atom stereocenters. The van der Waals surface area contributed by atoms with Crippen molar-refractivity contribution in [3.8, 4) is 0 Å². The Labute approximate surface area is 134 Å². The number of hydrogen-bond donors (Lipinski definition) is 0. The van der Waals surface area contributed by atoms with E-state index in [0.717, 1.165) is 6.07 Å². The maximum atomic E-state index is 13.8. The number of benzene rings is 1. The molecule has 2 rings (SSSR count). The fourth-order valence-electron chi connectivity index (χ4n) is 2.25. The van der Waals surface area contributed by atoms with E-state index in [0.29, 0.717) is 19.6 Å². The second-order valence-electron chi connectivity index (χ2n) is 5.20. The van der Waals surface area contributed by atoms with Crippen molar-refractivity contribution < 1.29 is 12.8 Å². The summed E-state index contributed by atoms with van der Waals surface area (Å²) in [4.78, 5) is 1.98. The van der Waals surface area contributed by atoms with Crippen LogP contribution in [0, 0.1) is 5.82 Å². The number of nitrogens with zero attached hydrogens (tertiary/aromatic N) is 2. The summed E-state index contributed by atoms with van der Waals surface area (Å²) >= 11 is 11.5. The smallest absolute Gasteiger partial charge is 0.243 e. The zero-order valence-corrected chi connectivity index (χ0v) is 14.1. The Kier molecular flexibility index (Phi) is 5.15. The van der Waals surface area contributed by atoms with Gasteiger partial charge in [-0.05, 0) is 31.7 Å². The van der Waals surface area contributed by atoms with E-state index in [4.69, 9.17) is 23.2 Å². The molecule has 1 saturated heterocycles. The fourth-order valence-corrected chi connectivity index (χ4v) is 4.28. The summed E-state index contributed by atoms with van der Waals surface area (Å²) in [7, 11) is -1.79. The lowest BCUT2D eigenvalue weighted by molar-refractivity contribution is 0.159. The molecule has 0 amide bonds. The molecular formula is C13H17Cl2FN2O2S. The maximum absolute atomic E-state index is 13.8. The van der Waals surface area contributed by atoms with Gasteiger partial charge in [0, 0.05) is 31.6 Å². The van der Waals surface area contributed by atoms with E-state index in [1.54, 1.807) is 0 Å². The zero-order chi connectivity index (χ0) is 15.8. The monoisotopic (exact) mass is 354 g/mol. The lowest BCUT2D eigenvalue weighted by Gasteiger charge is -2.36. The van der Waals surface area contributed by atoms with E-state index in [1.807, 2.05) is 14.0 Å². The molecule has 1 aromatic carbocycles. The standard InChI is InChI=1S/C13H17Cl2FN2O2S/c1-9-8-18(4-3-17(9)2)21(19,20)11-5-10(7-14)13(15)12(16)6-11/h5-6,9H,3-4,7-8H2,1-2H3. The number of sulfonamides is 1. The van der Waals surface area contributed by atoms with Gasteiger partial charge in [-0.1, -0.05) is 11.6 Å². The third kappa shape index (κ3) is 3.35. The summed E-state index contributed by atoms with van der Waals surface area (Å²) < 4.78 is 40.4. The van der Waals surface area contributed by atoms with Crippen LogP contribution in [0.25, 0.3) is 0 Å². The molecule has 0 spiro atoms. The quantitative estimate of drug-likeness (QED) is 0.783. The van der Waals surface area contributed by atoms with Crippen molar-refractivity contribution in [3.05, 3.63) is 28.5 Å². The zero-order valence-electron chi connectivity index (χ0n) is 11.8. The molecule has 0 saturated carbocycles. The van der Waals surface area contributed by atoms with Crippen molar-refractivity contribution >= 4 is 33.2 Å². The molecule has 0 N–H and O–H groups in total. The second-order valence-corrected chi connectivity index (χ2v) is 7.79. The minimum Gasteiger partial charge on any atom is -0.301 e. The van der Waals surface area contributed by atoms with Crippen LogP contribution in [0.1, 0.15) is 12.5 Å². The van der Waals surface area contributed by atoms with Crippen molar-refractivity contribution in [2.24, 2.45) is 0 Å². The minimum atomic E-state index is -3.74. The summed E-state index contributed by atoms with van der Waals surface area (Å²) in [5.74, 6) is -0.811. The van der Waals surface area contributed by atoms with E-state index >= 15 is 0 Å². The van der Waals surface area contributed by atoms with Gasteiger partial charge in [0.25, 0.3) is 0 Å². The van der Waals surface area contributed by atoms with Gasteiger partial charge in [0.1, 0.15) is 5.82 Å². The van der Waals surface area contributed by atoms with Crippen LogP contribution in [0.15, 0.2) is 17.0 Å². The molecule has 0 bridgehead atoms. The SMILES string of the molecule is CC1CN(S(=O)(=O)c2cc(F)c(Cl)c(CCl)c2)CCN1C. The number of likely N-dealkylation sites (N-methyl/N-ethyl adjacent to an activating group) is 1. The predicted octanol–water partition coefficient (Wildman–Crippen LogP) is 2.54. The molecule has 1 aromatic rings. The first-order valence-electron chi connectivity index (χ1n) is 6.51. The molecule has 1 heterocycles. The maximum Gasteiger partial charge on any atom is 0.243 e. The first-order chi connectivity index (χ1) is 9.77. The largest absolute Gasteiger partial charge is 0.301 e. The summed E-state index contributed by atoms with van der Waals surface area (Å²) in [6.07, 6.45) is 0. The van der Waals surface area contributed by atoms with Crippen molar-refractivity contribution in [2.75, 3.05) is 26.7 Å². The Bertz CT molecular complexity index is 639. The Hall–Kier alpha value is -0.400. The number of hydrogen-bond acceptors (Lipinski definition) is 3. The molecule has 1 unspecified atom stereocenters. The Morgan fingerprint density at radius 1 is 1.38 bits per heavy atom. The molecular weight excluding hydrogens is 338 g/mol. The third-order valence-corrected chi connectivity index (χ3v) is 6.34. The average Bonchev–Trinajstić information content (AvgIpc) is 2.44. The molecule has 21 heavy (non-hydrogen) atoms. The first kappa shape index (κ1) is 17.0. The molecule has 1 aliphatic rings. The Morgan fingerprint density at radius 2 is 2.05 bits per heavy atom. The lowest BCUT2D eigenvalue weighted by atomic mass is 10.2. The van der Waals surface area contributed by atoms with Gasteiger partial charge in [-0.15, -0.1) is 11.6 Å². The lowest BCUT2D eigenvalue weighted by Crippen LogP contribution is -2.51. The van der Waals surface area contributed by atoms with Gasteiger partial charge in [0.2, 0.25) is 10.0 Å². The van der Waals surface area contributed by atoms with Gasteiger partial charge in [-0.3, -0.25) is 0 Å². The third-order valence-electron chi connectivity index (χ3n) is 3.78. The highest BCUT2D eigenvalue weighted by molar-refractivity contribution is 7.89. The number of piperazine rings is 1. The molecule has 0 aromatic heterocycles. The van der Waals surface area contributed by atoms with Gasteiger partial charge in [-0.25, -0.2) is 12.8 Å². The Balaban J connectivity index is 2.38. The Morgan fingerprint density at radius 3 is 2.62 bits per heavy atom. The molecule has 0 radical (unpaired) electrons. The molecule has 1 aliphatic heterocycles. The average molecular weight is 355 g/mol. The van der Waals surface area contributed by atoms with Gasteiger partial charge < -0.3 is 4.90 Å². The van der Waals surface area contributed by atoms with E-state index in [9.17, 15) is 12.8 Å². The number of halogens is 3. The van der Waals surface area contributed by atoms with E-state index < -0.39 is 15.8 Å². The van der Waals surface area contributed by atoms with E-state index in [1.165, 1.54) is 10.4 Å². The molecule has 118 valence electrons. The molecule has 0 aliphatic carbocycles. The van der Waals surface area contributed by atoms with Gasteiger partial charge in [-0.2, -0.15) is 4.31 Å². The van der Waals surface area contributed by atoms with Crippen LogP contribution in [0.5, 0.6) is 0 Å². The van der Waals surface area contributed by atoms with Crippen LogP contribution in [0.3, 0.4) is 0 Å². The van der Waals surface area contributed by atoms with Crippen LogP contribution in [0.2, 0.25) is 5.02 Å². The van der Waals surface area contributed by atoms with Crippen molar-refractivity contribution in [3.63, 3.8) is 0 Å². The van der Waals surface area contributed by atoms with Crippen molar-refractivity contribution in [1.29, 1.82) is 0 Å². The summed E-state index contributed by atoms with van der Waals surface area (Å²) in [6, 6.07) is 2.41.